The van der Waals surface area contributed by atoms with Crippen molar-refractivity contribution in [1.29, 1.82) is 0 Å². The van der Waals surface area contributed by atoms with Crippen molar-refractivity contribution in [3.63, 3.8) is 0 Å². The van der Waals surface area contributed by atoms with E-state index in [1.54, 1.807) is 6.08 Å². The quantitative estimate of drug-likeness (QED) is 0.0200. The fraction of sp³-hybridized carbons (Fsp3) is 0.723. The van der Waals surface area contributed by atoms with E-state index in [1.807, 2.05) is 12.2 Å². The summed E-state index contributed by atoms with van der Waals surface area (Å²) in [5, 5.41) is 30.6. The molecule has 1 saturated heterocycles. The molecule has 0 aromatic rings. The molecule has 0 bridgehead atoms. The van der Waals surface area contributed by atoms with Crippen molar-refractivity contribution >= 4 is 16.4 Å². The summed E-state index contributed by atoms with van der Waals surface area (Å²) in [6.07, 6.45) is 39.7. The molecule has 6 atom stereocenters. The number of rotatable bonds is 38. The van der Waals surface area contributed by atoms with Crippen molar-refractivity contribution < 1.29 is 56.2 Å². The second-order valence-corrected chi connectivity index (χ2v) is 16.3. The van der Waals surface area contributed by atoms with Crippen LogP contribution in [0.25, 0.3) is 0 Å². The van der Waals surface area contributed by atoms with Crippen molar-refractivity contribution in [3.05, 3.63) is 72.9 Å². The van der Waals surface area contributed by atoms with Crippen LogP contribution in [0.5, 0.6) is 0 Å². The minimum Gasteiger partial charge on any atom is -0.457 e. The van der Waals surface area contributed by atoms with Crippen LogP contribution in [0.3, 0.4) is 0 Å². The zero-order valence-electron chi connectivity index (χ0n) is 36.7. The van der Waals surface area contributed by atoms with Crippen molar-refractivity contribution in [1.82, 2.24) is 0 Å². The normalized spacial score (nSPS) is 20.9. The molecule has 0 saturated carbocycles. The molecule has 6 unspecified atom stereocenters. The lowest BCUT2D eigenvalue weighted by molar-refractivity contribution is -0.301. The van der Waals surface area contributed by atoms with Gasteiger partial charge in [0.25, 0.3) is 0 Å². The molecule has 60 heavy (non-hydrogen) atoms. The summed E-state index contributed by atoms with van der Waals surface area (Å²) in [5.74, 6) is -0.529. The van der Waals surface area contributed by atoms with Gasteiger partial charge < -0.3 is 34.3 Å². The number of unbranched alkanes of at least 4 members (excludes halogenated alkanes) is 14. The maximum absolute atomic E-state index is 12.8. The molecule has 1 heterocycles. The number of allylic oxidation sites excluding steroid dienone is 11. The molecule has 12 nitrogen and oxygen atoms in total. The van der Waals surface area contributed by atoms with Crippen LogP contribution in [0.2, 0.25) is 0 Å². The van der Waals surface area contributed by atoms with Gasteiger partial charge in [0.05, 0.1) is 26.2 Å². The van der Waals surface area contributed by atoms with Gasteiger partial charge in [-0.1, -0.05) is 157 Å². The largest absolute Gasteiger partial charge is 0.457 e. The molecule has 0 radical (unpaired) electrons. The first-order valence-corrected chi connectivity index (χ1v) is 24.1. The first kappa shape index (κ1) is 55.6. The predicted octanol–water partition coefficient (Wildman–Crippen LogP) is 9.52. The van der Waals surface area contributed by atoms with Crippen molar-refractivity contribution in [3.8, 4) is 0 Å². The number of carbonyl (C=O) groups is 1. The van der Waals surface area contributed by atoms with Crippen molar-refractivity contribution in [2.45, 2.75) is 192 Å². The number of esters is 1. The molecule has 1 aliphatic rings. The highest BCUT2D eigenvalue weighted by molar-refractivity contribution is 7.80. The molecule has 0 amide bonds. The van der Waals surface area contributed by atoms with Crippen LogP contribution in [0.15, 0.2) is 72.9 Å². The van der Waals surface area contributed by atoms with E-state index in [0.717, 1.165) is 44.9 Å². The van der Waals surface area contributed by atoms with Gasteiger partial charge in [0, 0.05) is 6.61 Å². The standard InChI is InChI=1S/C47H80O12S/c1-3-5-7-9-11-13-15-17-19-20-21-23-25-27-29-31-33-35-37-55-39-41(40-56-47-45(51)46(59-60(52,53)54)44(50)42(38-48)58-47)57-43(49)36-34-32-30-28-26-24-22-18-16-14-12-10-8-6-4-2/h6,8,12,14,17-19,22,26,28,32,34,41-42,44-48,50-51H,3-5,7,9-11,13,15-16,20-21,23-25,27,29-31,33,35-40H2,1-2H3,(H,52,53,54)/b8-6-,14-12-,19-17-,22-18-,28-26-,34-32-. The van der Waals surface area contributed by atoms with E-state index >= 15 is 0 Å². The zero-order valence-corrected chi connectivity index (χ0v) is 37.6. The first-order chi connectivity index (χ1) is 29.1. The van der Waals surface area contributed by atoms with E-state index in [4.69, 9.17) is 23.5 Å². The van der Waals surface area contributed by atoms with Gasteiger partial charge in [-0.2, -0.15) is 8.42 Å². The van der Waals surface area contributed by atoms with Gasteiger partial charge >= 0.3 is 16.4 Å². The van der Waals surface area contributed by atoms with E-state index in [0.29, 0.717) is 13.0 Å². The summed E-state index contributed by atoms with van der Waals surface area (Å²) >= 11 is 0. The van der Waals surface area contributed by atoms with Crippen molar-refractivity contribution in [2.24, 2.45) is 0 Å². The number of hydrogen-bond acceptors (Lipinski definition) is 11. The second kappa shape index (κ2) is 38.2. The molecule has 0 aliphatic carbocycles. The third-order valence-corrected chi connectivity index (χ3v) is 10.3. The van der Waals surface area contributed by atoms with Crippen LogP contribution in [0.4, 0.5) is 0 Å². The van der Waals surface area contributed by atoms with Crippen LogP contribution in [0, 0.1) is 0 Å². The Labute approximate surface area is 362 Å². The number of carbonyl (C=O) groups excluding carboxylic acids is 1. The van der Waals surface area contributed by atoms with Gasteiger partial charge in [0.2, 0.25) is 0 Å². The lowest BCUT2D eigenvalue weighted by atomic mass is 9.99. The molecule has 13 heteroatoms. The fourth-order valence-electron chi connectivity index (χ4n) is 6.45. The number of ether oxygens (including phenoxy) is 4. The summed E-state index contributed by atoms with van der Waals surface area (Å²) in [6.45, 7) is 3.73. The second-order valence-electron chi connectivity index (χ2n) is 15.3. The highest BCUT2D eigenvalue weighted by atomic mass is 32.3. The Morgan fingerprint density at radius 3 is 1.67 bits per heavy atom. The molecular weight excluding hydrogens is 789 g/mol. The maximum Gasteiger partial charge on any atom is 0.397 e. The average Bonchev–Trinajstić information content (AvgIpc) is 3.22. The molecule has 0 aromatic heterocycles. The third-order valence-electron chi connectivity index (χ3n) is 9.85. The maximum atomic E-state index is 12.8. The van der Waals surface area contributed by atoms with Crippen LogP contribution in [0.1, 0.15) is 155 Å². The molecule has 0 spiro atoms. The SMILES string of the molecule is CC/C=C\C/C=C\C/C=C\C/C=C\C/C=C\CC(=O)OC(COCCCCCCCCCC/C=C\CCCCCCCC)COC1OC(CO)C(O)C(OS(=O)(=O)O)C1O. The highest BCUT2D eigenvalue weighted by Gasteiger charge is 2.48. The van der Waals surface area contributed by atoms with Gasteiger partial charge in [-0.25, -0.2) is 4.18 Å². The molecule has 4 N–H and O–H groups in total. The summed E-state index contributed by atoms with van der Waals surface area (Å²) in [6, 6.07) is 0. The number of hydrogen-bond donors (Lipinski definition) is 4. The number of aliphatic hydroxyl groups excluding tert-OH is 3. The van der Waals surface area contributed by atoms with E-state index in [1.165, 1.54) is 83.5 Å². The minimum atomic E-state index is -5.08. The van der Waals surface area contributed by atoms with E-state index < -0.39 is 59.8 Å². The van der Waals surface area contributed by atoms with Gasteiger partial charge in [-0.15, -0.1) is 0 Å². The third kappa shape index (κ3) is 31.4. The lowest BCUT2D eigenvalue weighted by Crippen LogP contribution is -2.60. The van der Waals surface area contributed by atoms with E-state index in [9.17, 15) is 28.5 Å². The molecule has 0 aromatic carbocycles. The van der Waals surface area contributed by atoms with Gasteiger partial charge in [0.15, 0.2) is 6.29 Å². The zero-order chi connectivity index (χ0) is 43.9. The molecular formula is C47H80O12S. The predicted molar refractivity (Wildman–Crippen MR) is 239 cm³/mol. The van der Waals surface area contributed by atoms with E-state index in [-0.39, 0.29) is 19.6 Å². The Morgan fingerprint density at radius 1 is 0.650 bits per heavy atom. The van der Waals surface area contributed by atoms with Crippen LogP contribution in [-0.2, 0) is 38.3 Å². The van der Waals surface area contributed by atoms with Crippen LogP contribution < -0.4 is 0 Å². The molecule has 1 aliphatic heterocycles. The summed E-state index contributed by atoms with van der Waals surface area (Å²) in [7, 11) is -5.08. The monoisotopic (exact) mass is 869 g/mol. The lowest BCUT2D eigenvalue weighted by Gasteiger charge is -2.41. The Bertz CT molecular complexity index is 1330. The highest BCUT2D eigenvalue weighted by Crippen LogP contribution is 2.26. The first-order valence-electron chi connectivity index (χ1n) is 22.7. The topological polar surface area (TPSA) is 178 Å². The summed E-state index contributed by atoms with van der Waals surface area (Å²) < 4.78 is 58.9. The van der Waals surface area contributed by atoms with Gasteiger partial charge in [-0.3, -0.25) is 9.35 Å². The Hall–Kier alpha value is -2.46. The minimum absolute atomic E-state index is 0.00554. The smallest absolute Gasteiger partial charge is 0.397 e. The summed E-state index contributed by atoms with van der Waals surface area (Å²) in [5.41, 5.74) is 0. The fourth-order valence-corrected chi connectivity index (χ4v) is 6.96. The Balaban J connectivity index is 2.49. The van der Waals surface area contributed by atoms with E-state index in [2.05, 4.69) is 72.7 Å². The van der Waals surface area contributed by atoms with Gasteiger partial charge in [-0.05, 0) is 64.2 Å². The Morgan fingerprint density at radius 2 is 1.15 bits per heavy atom. The Kier molecular flexibility index (Phi) is 35.4. The van der Waals surface area contributed by atoms with Gasteiger partial charge in [0.1, 0.15) is 30.5 Å². The average molecular weight is 869 g/mol. The number of aliphatic hydroxyl groups is 3. The molecule has 346 valence electrons. The van der Waals surface area contributed by atoms with Crippen molar-refractivity contribution in [2.75, 3.05) is 26.4 Å². The molecule has 1 fully saturated rings. The summed E-state index contributed by atoms with van der Waals surface area (Å²) in [4.78, 5) is 12.8. The van der Waals surface area contributed by atoms with Crippen LogP contribution >= 0.6 is 0 Å². The molecule has 1 rings (SSSR count). The van der Waals surface area contributed by atoms with Crippen LogP contribution in [-0.4, -0.2) is 97.5 Å².